The Labute approximate surface area is 144 Å². The Morgan fingerprint density at radius 1 is 1.00 bits per heavy atom. The molecule has 0 aromatic heterocycles. The third kappa shape index (κ3) is 3.20. The quantitative estimate of drug-likeness (QED) is 0.841. The third-order valence-corrected chi connectivity index (χ3v) is 4.83. The number of nitrogens with zero attached hydrogens (tertiary/aromatic N) is 1. The Kier molecular flexibility index (Phi) is 4.95. The summed E-state index contributed by atoms with van der Waals surface area (Å²) in [5.74, 6) is 2.50. The lowest BCUT2D eigenvalue weighted by Crippen LogP contribution is -2.33. The highest BCUT2D eigenvalue weighted by molar-refractivity contribution is 5.50. The molecule has 0 saturated carbocycles. The van der Waals surface area contributed by atoms with Gasteiger partial charge in [-0.25, -0.2) is 0 Å². The zero-order chi connectivity index (χ0) is 17.1. The minimum Gasteiger partial charge on any atom is -0.497 e. The standard InChI is InChI=1S/C20H25NO3/c1-21-9-8-15-12-19(23-3)20(24-4)13-17(15)18(21)11-14-6-5-7-16(10-14)22-2/h5-7,10,12-13,18H,8-9,11H2,1-4H3/t18-/m1/s1. The molecule has 4 heteroatoms. The minimum atomic E-state index is 0.320. The monoisotopic (exact) mass is 327 g/mol. The van der Waals surface area contributed by atoms with E-state index in [1.165, 1.54) is 16.7 Å². The van der Waals surface area contributed by atoms with Crippen LogP contribution in [0.5, 0.6) is 17.2 Å². The molecule has 2 aromatic carbocycles. The van der Waals surface area contributed by atoms with E-state index < -0.39 is 0 Å². The fourth-order valence-electron chi connectivity index (χ4n) is 3.44. The van der Waals surface area contributed by atoms with Crippen LogP contribution in [0.25, 0.3) is 0 Å². The SMILES string of the molecule is COc1cccc(C[C@@H]2c3cc(OC)c(OC)cc3CCN2C)c1. The first-order chi connectivity index (χ1) is 11.7. The van der Waals surface area contributed by atoms with Crippen LogP contribution in [0.4, 0.5) is 0 Å². The summed E-state index contributed by atoms with van der Waals surface area (Å²) >= 11 is 0. The van der Waals surface area contributed by atoms with Crippen LogP contribution < -0.4 is 14.2 Å². The number of likely N-dealkylation sites (N-methyl/N-ethyl adjacent to an activating group) is 1. The maximum atomic E-state index is 5.51. The molecule has 1 heterocycles. The molecule has 0 amide bonds. The van der Waals surface area contributed by atoms with E-state index in [0.29, 0.717) is 6.04 Å². The molecule has 0 aliphatic carbocycles. The highest BCUT2D eigenvalue weighted by Gasteiger charge is 2.27. The van der Waals surface area contributed by atoms with Gasteiger partial charge in [-0.1, -0.05) is 12.1 Å². The van der Waals surface area contributed by atoms with E-state index in [9.17, 15) is 0 Å². The van der Waals surface area contributed by atoms with Gasteiger partial charge in [0.2, 0.25) is 0 Å². The number of methoxy groups -OCH3 is 3. The molecule has 0 N–H and O–H groups in total. The van der Waals surface area contributed by atoms with Crippen molar-refractivity contribution in [3.63, 3.8) is 0 Å². The molecular formula is C20H25NO3. The van der Waals surface area contributed by atoms with E-state index >= 15 is 0 Å². The van der Waals surface area contributed by atoms with Gasteiger partial charge in [0.1, 0.15) is 5.75 Å². The fraction of sp³-hybridized carbons (Fsp3) is 0.400. The molecule has 0 saturated heterocycles. The normalized spacial score (nSPS) is 17.2. The number of benzene rings is 2. The van der Waals surface area contributed by atoms with Gasteiger partial charge in [0.15, 0.2) is 11.5 Å². The summed E-state index contributed by atoms with van der Waals surface area (Å²) in [5.41, 5.74) is 3.94. The van der Waals surface area contributed by atoms with Crippen molar-refractivity contribution in [2.24, 2.45) is 0 Å². The molecule has 3 rings (SSSR count). The first kappa shape index (κ1) is 16.7. The van der Waals surface area contributed by atoms with Crippen LogP contribution in [-0.2, 0) is 12.8 Å². The second-order valence-corrected chi connectivity index (χ2v) is 6.21. The first-order valence-electron chi connectivity index (χ1n) is 8.24. The van der Waals surface area contributed by atoms with Gasteiger partial charge in [-0.15, -0.1) is 0 Å². The number of ether oxygens (including phenoxy) is 3. The van der Waals surface area contributed by atoms with Gasteiger partial charge in [0.25, 0.3) is 0 Å². The van der Waals surface area contributed by atoms with E-state index in [-0.39, 0.29) is 0 Å². The van der Waals surface area contributed by atoms with Crippen LogP contribution in [0.15, 0.2) is 36.4 Å². The summed E-state index contributed by atoms with van der Waals surface area (Å²) in [6.45, 7) is 1.04. The Hall–Kier alpha value is -2.20. The second kappa shape index (κ2) is 7.14. The van der Waals surface area contributed by atoms with Gasteiger partial charge < -0.3 is 14.2 Å². The Morgan fingerprint density at radius 2 is 1.75 bits per heavy atom. The molecule has 2 aromatic rings. The predicted octanol–water partition coefficient (Wildman–Crippen LogP) is 3.48. The molecule has 0 fully saturated rings. The maximum Gasteiger partial charge on any atom is 0.161 e. The van der Waals surface area contributed by atoms with E-state index in [1.807, 2.05) is 12.1 Å². The van der Waals surface area contributed by atoms with Gasteiger partial charge in [-0.3, -0.25) is 4.90 Å². The average Bonchev–Trinajstić information content (AvgIpc) is 2.63. The number of rotatable bonds is 5. The van der Waals surface area contributed by atoms with Crippen LogP contribution in [0.2, 0.25) is 0 Å². The predicted molar refractivity (Wildman–Crippen MR) is 95.3 cm³/mol. The number of hydrogen-bond acceptors (Lipinski definition) is 4. The molecule has 0 unspecified atom stereocenters. The van der Waals surface area contributed by atoms with Crippen molar-refractivity contribution in [2.45, 2.75) is 18.9 Å². The molecular weight excluding hydrogens is 302 g/mol. The van der Waals surface area contributed by atoms with Crippen molar-refractivity contribution in [1.29, 1.82) is 0 Å². The maximum absolute atomic E-state index is 5.51. The van der Waals surface area contributed by atoms with E-state index in [4.69, 9.17) is 14.2 Å². The van der Waals surface area contributed by atoms with Gasteiger partial charge >= 0.3 is 0 Å². The van der Waals surface area contributed by atoms with Gasteiger partial charge in [0, 0.05) is 12.6 Å². The summed E-state index contributed by atoms with van der Waals surface area (Å²) in [4.78, 5) is 2.41. The summed E-state index contributed by atoms with van der Waals surface area (Å²) in [6.07, 6.45) is 1.97. The van der Waals surface area contributed by atoms with Gasteiger partial charge in [0.05, 0.1) is 21.3 Å². The molecule has 1 aliphatic rings. The van der Waals surface area contributed by atoms with Crippen molar-refractivity contribution in [3.8, 4) is 17.2 Å². The van der Waals surface area contributed by atoms with Crippen LogP contribution in [-0.4, -0.2) is 39.8 Å². The fourth-order valence-corrected chi connectivity index (χ4v) is 3.44. The zero-order valence-electron chi connectivity index (χ0n) is 14.8. The lowest BCUT2D eigenvalue weighted by Gasteiger charge is -2.35. The Balaban J connectivity index is 1.96. The molecule has 24 heavy (non-hydrogen) atoms. The molecule has 1 aliphatic heterocycles. The molecule has 0 radical (unpaired) electrons. The van der Waals surface area contributed by atoms with Crippen molar-refractivity contribution < 1.29 is 14.2 Å². The molecule has 128 valence electrons. The minimum absolute atomic E-state index is 0.320. The number of fused-ring (bicyclic) bond motifs is 1. The highest BCUT2D eigenvalue weighted by Crippen LogP contribution is 2.39. The van der Waals surface area contributed by atoms with Crippen LogP contribution in [0.3, 0.4) is 0 Å². The molecule has 1 atom stereocenters. The third-order valence-electron chi connectivity index (χ3n) is 4.83. The average molecular weight is 327 g/mol. The highest BCUT2D eigenvalue weighted by atomic mass is 16.5. The van der Waals surface area contributed by atoms with E-state index in [0.717, 1.165) is 36.6 Å². The largest absolute Gasteiger partial charge is 0.497 e. The smallest absolute Gasteiger partial charge is 0.161 e. The Morgan fingerprint density at radius 3 is 2.46 bits per heavy atom. The van der Waals surface area contributed by atoms with E-state index in [2.05, 4.69) is 36.2 Å². The summed E-state index contributed by atoms with van der Waals surface area (Å²) in [6, 6.07) is 12.9. The number of hydrogen-bond donors (Lipinski definition) is 0. The van der Waals surface area contributed by atoms with Crippen molar-refractivity contribution in [1.82, 2.24) is 4.90 Å². The van der Waals surface area contributed by atoms with Crippen molar-refractivity contribution >= 4 is 0 Å². The van der Waals surface area contributed by atoms with Crippen molar-refractivity contribution in [2.75, 3.05) is 34.9 Å². The Bertz CT molecular complexity index is 714. The molecule has 0 bridgehead atoms. The molecule has 0 spiro atoms. The first-order valence-corrected chi connectivity index (χ1v) is 8.24. The molecule has 4 nitrogen and oxygen atoms in total. The summed E-state index contributed by atoms with van der Waals surface area (Å²) < 4.78 is 16.3. The lowest BCUT2D eigenvalue weighted by molar-refractivity contribution is 0.228. The van der Waals surface area contributed by atoms with Crippen molar-refractivity contribution in [3.05, 3.63) is 53.1 Å². The zero-order valence-corrected chi connectivity index (χ0v) is 14.8. The lowest BCUT2D eigenvalue weighted by atomic mass is 9.88. The van der Waals surface area contributed by atoms with Gasteiger partial charge in [-0.2, -0.15) is 0 Å². The van der Waals surface area contributed by atoms with Gasteiger partial charge in [-0.05, 0) is 60.8 Å². The second-order valence-electron chi connectivity index (χ2n) is 6.21. The van der Waals surface area contributed by atoms with E-state index in [1.54, 1.807) is 21.3 Å². The van der Waals surface area contributed by atoms with Crippen LogP contribution >= 0.6 is 0 Å². The van der Waals surface area contributed by atoms with Crippen LogP contribution in [0, 0.1) is 0 Å². The van der Waals surface area contributed by atoms with Crippen LogP contribution in [0.1, 0.15) is 22.7 Å². The summed E-state index contributed by atoms with van der Waals surface area (Å²) in [7, 11) is 7.27. The summed E-state index contributed by atoms with van der Waals surface area (Å²) in [5, 5.41) is 0. The topological polar surface area (TPSA) is 30.9 Å².